The third-order valence-corrected chi connectivity index (χ3v) is 4.74. The van der Waals surface area contributed by atoms with Gasteiger partial charge in [-0.2, -0.15) is 0 Å². The van der Waals surface area contributed by atoms with E-state index in [1.54, 1.807) is 0 Å². The molecule has 2 heterocycles. The normalized spacial score (nSPS) is 41.7. The van der Waals surface area contributed by atoms with Crippen LogP contribution in [0.1, 0.15) is 6.42 Å². The van der Waals surface area contributed by atoms with Gasteiger partial charge in [0.2, 0.25) is 0 Å². The predicted molar refractivity (Wildman–Crippen MR) is 95.9 cm³/mol. The van der Waals surface area contributed by atoms with Crippen molar-refractivity contribution in [3.63, 3.8) is 0 Å². The Morgan fingerprint density at radius 3 is 1.87 bits per heavy atom. The SMILES string of the molecule is NC(CCO)C(=O)O.OC[C@H]1O[C@@H](O[C@H]2[C@H](O)[C@@H](O)[C@H](O)O[C@@H]2CO)[C@H](O)[C@@H](O)[C@H]1O. The molecular formula is C16H31NO14. The maximum Gasteiger partial charge on any atom is 0.320 e. The Morgan fingerprint density at radius 1 is 0.839 bits per heavy atom. The van der Waals surface area contributed by atoms with E-state index in [4.69, 9.17) is 35.3 Å². The van der Waals surface area contributed by atoms with Crippen molar-refractivity contribution in [2.24, 2.45) is 5.73 Å². The molecule has 2 fully saturated rings. The van der Waals surface area contributed by atoms with Crippen LogP contribution in [0.5, 0.6) is 0 Å². The molecule has 2 aliphatic rings. The van der Waals surface area contributed by atoms with E-state index in [9.17, 15) is 40.5 Å². The van der Waals surface area contributed by atoms with Gasteiger partial charge in [-0.25, -0.2) is 0 Å². The molecule has 0 aromatic heterocycles. The van der Waals surface area contributed by atoms with E-state index < -0.39 is 86.6 Å². The minimum Gasteiger partial charge on any atom is -0.480 e. The highest BCUT2D eigenvalue weighted by atomic mass is 16.7. The van der Waals surface area contributed by atoms with Gasteiger partial charge in [0, 0.05) is 6.61 Å². The number of hydrogen-bond acceptors (Lipinski definition) is 14. The van der Waals surface area contributed by atoms with E-state index in [1.165, 1.54) is 0 Å². The molecule has 2 aliphatic heterocycles. The molecule has 2 saturated heterocycles. The molecular weight excluding hydrogens is 430 g/mol. The van der Waals surface area contributed by atoms with E-state index in [0.29, 0.717) is 0 Å². The standard InChI is InChI=1S/C12H22O11.C4H9NO3/c13-1-3-5(15)6(16)9(19)12(22-3)23-10-4(2-14)21-11(20)8(18)7(10)17;5-3(1-2-6)4(7)8/h3-20H,1-2H2;3,6H,1-2,5H2,(H,7,8)/t3-,4-,5+,6+,7-,8-,9-,10-,11-,12+;/m1./s1. The summed E-state index contributed by atoms with van der Waals surface area (Å²) in [5.41, 5.74) is 4.97. The molecule has 0 spiro atoms. The van der Waals surface area contributed by atoms with Crippen LogP contribution in [-0.2, 0) is 19.0 Å². The van der Waals surface area contributed by atoms with Crippen molar-refractivity contribution >= 4 is 5.97 Å². The molecule has 15 heteroatoms. The Labute approximate surface area is 176 Å². The van der Waals surface area contributed by atoms with Gasteiger partial charge in [0.05, 0.1) is 13.2 Å². The fourth-order valence-electron chi connectivity index (χ4n) is 2.83. The van der Waals surface area contributed by atoms with Gasteiger partial charge in [-0.05, 0) is 6.42 Å². The summed E-state index contributed by atoms with van der Waals surface area (Å²) in [6.45, 7) is -1.52. The lowest BCUT2D eigenvalue weighted by atomic mass is 9.97. The largest absolute Gasteiger partial charge is 0.480 e. The molecule has 0 aromatic carbocycles. The van der Waals surface area contributed by atoms with Crippen LogP contribution in [0.4, 0.5) is 0 Å². The Hall–Kier alpha value is -1.05. The zero-order valence-corrected chi connectivity index (χ0v) is 16.4. The Kier molecular flexibility index (Phi) is 11.6. The van der Waals surface area contributed by atoms with Crippen LogP contribution in [0.25, 0.3) is 0 Å². The van der Waals surface area contributed by atoms with Crippen LogP contribution < -0.4 is 5.73 Å². The highest BCUT2D eigenvalue weighted by Crippen LogP contribution is 2.28. The van der Waals surface area contributed by atoms with Crippen LogP contribution in [-0.4, -0.2) is 144 Å². The summed E-state index contributed by atoms with van der Waals surface area (Å²) in [4.78, 5) is 9.85. The number of ether oxygens (including phenoxy) is 3. The highest BCUT2D eigenvalue weighted by Gasteiger charge is 2.50. The quantitative estimate of drug-likeness (QED) is 0.168. The first kappa shape index (κ1) is 28.0. The lowest BCUT2D eigenvalue weighted by Gasteiger charge is -2.45. The van der Waals surface area contributed by atoms with Crippen LogP contribution in [0, 0.1) is 0 Å². The van der Waals surface area contributed by atoms with Gasteiger partial charge in [0.1, 0.15) is 54.9 Å². The Morgan fingerprint density at radius 2 is 1.42 bits per heavy atom. The van der Waals surface area contributed by atoms with Crippen molar-refractivity contribution in [3.05, 3.63) is 0 Å². The number of nitrogens with two attached hydrogens (primary N) is 1. The molecule has 2 rings (SSSR count). The van der Waals surface area contributed by atoms with E-state index in [2.05, 4.69) is 0 Å². The Bertz CT molecular complexity index is 536. The van der Waals surface area contributed by atoms with Crippen LogP contribution in [0.2, 0.25) is 0 Å². The van der Waals surface area contributed by atoms with Crippen LogP contribution in [0.15, 0.2) is 0 Å². The Balaban J connectivity index is 0.000000512. The lowest BCUT2D eigenvalue weighted by Crippen LogP contribution is -2.64. The van der Waals surface area contributed by atoms with E-state index >= 15 is 0 Å². The molecule has 0 radical (unpaired) electrons. The predicted octanol–water partition coefficient (Wildman–Crippen LogP) is -6.62. The van der Waals surface area contributed by atoms with Gasteiger partial charge < -0.3 is 71.0 Å². The second-order valence-electron chi connectivity index (χ2n) is 6.98. The van der Waals surface area contributed by atoms with Gasteiger partial charge >= 0.3 is 5.97 Å². The van der Waals surface area contributed by atoms with Crippen LogP contribution in [0.3, 0.4) is 0 Å². The summed E-state index contributed by atoms with van der Waals surface area (Å²) < 4.78 is 15.3. The monoisotopic (exact) mass is 461 g/mol. The summed E-state index contributed by atoms with van der Waals surface area (Å²) in [5.74, 6) is -1.07. The van der Waals surface area contributed by atoms with Gasteiger partial charge in [-0.15, -0.1) is 0 Å². The number of rotatable bonds is 7. The molecule has 0 aromatic rings. The molecule has 0 aliphatic carbocycles. The minimum atomic E-state index is -1.74. The van der Waals surface area contributed by atoms with E-state index in [0.717, 1.165) is 0 Å². The highest BCUT2D eigenvalue weighted by molar-refractivity contribution is 5.72. The van der Waals surface area contributed by atoms with Gasteiger partial charge in [0.25, 0.3) is 0 Å². The maximum absolute atomic E-state index is 9.94. The zero-order chi connectivity index (χ0) is 23.9. The molecule has 31 heavy (non-hydrogen) atoms. The fraction of sp³-hybridized carbons (Fsp3) is 0.938. The number of aliphatic carboxylic acids is 1. The summed E-state index contributed by atoms with van der Waals surface area (Å²) >= 11 is 0. The first-order valence-corrected chi connectivity index (χ1v) is 9.35. The molecule has 11 atom stereocenters. The molecule has 0 amide bonds. The maximum atomic E-state index is 9.94. The molecule has 0 bridgehead atoms. The molecule has 0 saturated carbocycles. The van der Waals surface area contributed by atoms with Crippen molar-refractivity contribution in [1.29, 1.82) is 0 Å². The summed E-state index contributed by atoms with van der Waals surface area (Å²) in [7, 11) is 0. The summed E-state index contributed by atoms with van der Waals surface area (Å²) in [5, 5.41) is 92.7. The number of hydrogen-bond donors (Lipinski definition) is 11. The first-order chi connectivity index (χ1) is 14.5. The lowest BCUT2D eigenvalue weighted by molar-refractivity contribution is -0.355. The molecule has 12 N–H and O–H groups in total. The second kappa shape index (κ2) is 12.9. The first-order valence-electron chi connectivity index (χ1n) is 9.35. The van der Waals surface area contributed by atoms with Gasteiger partial charge in [-0.3, -0.25) is 4.79 Å². The number of carboxylic acid groups (broad SMARTS) is 1. The van der Waals surface area contributed by atoms with Crippen molar-refractivity contribution in [1.82, 2.24) is 0 Å². The average molecular weight is 461 g/mol. The molecule has 184 valence electrons. The average Bonchev–Trinajstić information content (AvgIpc) is 2.74. The molecule has 1 unspecified atom stereocenters. The third kappa shape index (κ3) is 7.22. The topological polar surface area (TPSA) is 273 Å². The molecule has 15 nitrogen and oxygen atoms in total. The smallest absolute Gasteiger partial charge is 0.320 e. The van der Waals surface area contributed by atoms with Gasteiger partial charge in [0.15, 0.2) is 12.6 Å². The zero-order valence-electron chi connectivity index (χ0n) is 16.4. The number of carboxylic acids is 1. The number of aliphatic hydroxyl groups excluding tert-OH is 9. The fourth-order valence-corrected chi connectivity index (χ4v) is 2.83. The van der Waals surface area contributed by atoms with Gasteiger partial charge in [-0.1, -0.05) is 0 Å². The van der Waals surface area contributed by atoms with Crippen molar-refractivity contribution in [2.45, 2.75) is 73.9 Å². The number of aliphatic hydroxyl groups is 9. The van der Waals surface area contributed by atoms with E-state index in [-0.39, 0.29) is 13.0 Å². The second-order valence-corrected chi connectivity index (χ2v) is 6.98. The number of carbonyl (C=O) groups is 1. The van der Waals surface area contributed by atoms with Crippen LogP contribution >= 0.6 is 0 Å². The van der Waals surface area contributed by atoms with Crippen molar-refractivity contribution in [3.8, 4) is 0 Å². The minimum absolute atomic E-state index is 0.120. The summed E-state index contributed by atoms with van der Waals surface area (Å²) in [6.07, 6.45) is -15.4. The van der Waals surface area contributed by atoms with E-state index in [1.807, 2.05) is 0 Å². The third-order valence-electron chi connectivity index (χ3n) is 4.74. The van der Waals surface area contributed by atoms with Crippen molar-refractivity contribution < 1.29 is 70.1 Å². The van der Waals surface area contributed by atoms with Crippen molar-refractivity contribution in [2.75, 3.05) is 19.8 Å². The summed E-state index contributed by atoms with van der Waals surface area (Å²) in [6, 6.07) is -0.917.